The first-order valence-electron chi connectivity index (χ1n) is 7.49. The van der Waals surface area contributed by atoms with Crippen LogP contribution < -0.4 is 4.90 Å². The van der Waals surface area contributed by atoms with E-state index in [1.807, 2.05) is 40.1 Å². The molecule has 0 saturated carbocycles. The van der Waals surface area contributed by atoms with Crippen molar-refractivity contribution in [3.63, 3.8) is 0 Å². The topological polar surface area (TPSA) is 32.8 Å². The molecule has 1 fully saturated rings. The van der Waals surface area contributed by atoms with Gasteiger partial charge in [-0.25, -0.2) is 4.79 Å². The number of methoxy groups -OCH3 is 1. The minimum Gasteiger partial charge on any atom is -0.375 e. The lowest BCUT2D eigenvalue weighted by atomic mass is 10.1. The molecular weight excluding hydrogens is 264 g/mol. The standard InChI is InChI=1S/C17H22N2O2/c1-12(2)11-18-16-14(9-10-15(16)21-3)19(17(18)20)13-7-5-4-6-8-13/h4-10,12,14-16H,11H2,1-3H3/t14-,15-,16?/m0/s1. The molecule has 4 nitrogen and oxygen atoms in total. The normalized spacial score (nSPS) is 27.8. The summed E-state index contributed by atoms with van der Waals surface area (Å²) in [6, 6.07) is 10.1. The van der Waals surface area contributed by atoms with Crippen molar-refractivity contribution in [1.82, 2.24) is 4.90 Å². The number of hydrogen-bond acceptors (Lipinski definition) is 2. The van der Waals surface area contributed by atoms with Crippen molar-refractivity contribution < 1.29 is 9.53 Å². The third-order valence-electron chi connectivity index (χ3n) is 4.16. The van der Waals surface area contributed by atoms with Crippen LogP contribution in [0.2, 0.25) is 0 Å². The molecule has 21 heavy (non-hydrogen) atoms. The molecule has 2 amide bonds. The van der Waals surface area contributed by atoms with Crippen molar-refractivity contribution in [1.29, 1.82) is 0 Å². The third-order valence-corrected chi connectivity index (χ3v) is 4.16. The summed E-state index contributed by atoms with van der Waals surface area (Å²) >= 11 is 0. The highest BCUT2D eigenvalue weighted by atomic mass is 16.5. The second-order valence-electron chi connectivity index (χ2n) is 6.10. The largest absolute Gasteiger partial charge is 0.375 e. The highest BCUT2D eigenvalue weighted by Gasteiger charge is 2.50. The van der Waals surface area contributed by atoms with Crippen LogP contribution in [0.3, 0.4) is 0 Å². The quantitative estimate of drug-likeness (QED) is 0.797. The fraction of sp³-hybridized carbons (Fsp3) is 0.471. The number of anilines is 1. The van der Waals surface area contributed by atoms with E-state index >= 15 is 0 Å². The van der Waals surface area contributed by atoms with Gasteiger partial charge in [0.2, 0.25) is 0 Å². The predicted octanol–water partition coefficient (Wildman–Crippen LogP) is 2.91. The van der Waals surface area contributed by atoms with Crippen LogP contribution in [0.25, 0.3) is 0 Å². The van der Waals surface area contributed by atoms with Crippen molar-refractivity contribution in [3.8, 4) is 0 Å². The van der Waals surface area contributed by atoms with E-state index in [1.165, 1.54) is 0 Å². The number of para-hydroxylation sites is 1. The van der Waals surface area contributed by atoms with Gasteiger partial charge in [0.05, 0.1) is 18.2 Å². The molecule has 1 aliphatic heterocycles. The van der Waals surface area contributed by atoms with Gasteiger partial charge in [-0.3, -0.25) is 4.90 Å². The first kappa shape index (κ1) is 14.1. The molecule has 1 aromatic rings. The van der Waals surface area contributed by atoms with Gasteiger partial charge in [-0.15, -0.1) is 0 Å². The molecule has 4 heteroatoms. The van der Waals surface area contributed by atoms with Crippen LogP contribution in [0.4, 0.5) is 10.5 Å². The van der Waals surface area contributed by atoms with Crippen molar-refractivity contribution >= 4 is 11.7 Å². The number of urea groups is 1. The summed E-state index contributed by atoms with van der Waals surface area (Å²) in [7, 11) is 1.71. The zero-order valence-corrected chi connectivity index (χ0v) is 12.8. The van der Waals surface area contributed by atoms with Gasteiger partial charge in [-0.05, 0) is 18.1 Å². The molecule has 0 spiro atoms. The predicted molar refractivity (Wildman–Crippen MR) is 83.4 cm³/mol. The van der Waals surface area contributed by atoms with Gasteiger partial charge in [0.1, 0.15) is 0 Å². The average Bonchev–Trinajstić information content (AvgIpc) is 2.99. The summed E-state index contributed by atoms with van der Waals surface area (Å²) in [5, 5.41) is 0. The van der Waals surface area contributed by atoms with E-state index in [2.05, 4.69) is 26.0 Å². The van der Waals surface area contributed by atoms with Gasteiger partial charge < -0.3 is 9.64 Å². The van der Waals surface area contributed by atoms with E-state index in [9.17, 15) is 4.79 Å². The van der Waals surface area contributed by atoms with Crippen molar-refractivity contribution in [3.05, 3.63) is 42.5 Å². The molecule has 0 bridgehead atoms. The highest BCUT2D eigenvalue weighted by molar-refractivity contribution is 5.96. The van der Waals surface area contributed by atoms with Gasteiger partial charge in [0.15, 0.2) is 0 Å². The minimum atomic E-state index is -0.0218. The number of benzene rings is 1. The summed E-state index contributed by atoms with van der Waals surface area (Å²) < 4.78 is 5.56. The smallest absolute Gasteiger partial charge is 0.325 e. The number of ether oxygens (including phenoxy) is 1. The molecule has 1 aliphatic carbocycles. The lowest BCUT2D eigenvalue weighted by Crippen LogP contribution is -2.44. The molecule has 3 atom stereocenters. The minimum absolute atomic E-state index is 0.0218. The molecule has 3 rings (SSSR count). The Balaban J connectivity index is 1.96. The molecule has 1 saturated heterocycles. The summed E-state index contributed by atoms with van der Waals surface area (Å²) in [6.07, 6.45) is 4.15. The van der Waals surface area contributed by atoms with Gasteiger partial charge in [0, 0.05) is 19.3 Å². The first-order chi connectivity index (χ1) is 10.1. The lowest BCUT2D eigenvalue weighted by molar-refractivity contribution is 0.0738. The first-order valence-corrected chi connectivity index (χ1v) is 7.49. The van der Waals surface area contributed by atoms with E-state index in [-0.39, 0.29) is 24.2 Å². The van der Waals surface area contributed by atoms with E-state index in [1.54, 1.807) is 7.11 Å². The molecule has 0 radical (unpaired) electrons. The summed E-state index contributed by atoms with van der Waals surface area (Å²) in [5.41, 5.74) is 0.949. The highest BCUT2D eigenvalue weighted by Crippen LogP contribution is 2.36. The van der Waals surface area contributed by atoms with Crippen molar-refractivity contribution in [2.75, 3.05) is 18.6 Å². The summed E-state index contributed by atoms with van der Waals surface area (Å²) in [5.74, 6) is 0.434. The second-order valence-corrected chi connectivity index (χ2v) is 6.10. The Kier molecular flexibility index (Phi) is 3.72. The number of carbonyl (C=O) groups is 1. The SMILES string of the molecule is CO[C@H]1C=C[C@H]2C1N(CC(C)C)C(=O)N2c1ccccc1. The molecular formula is C17H22N2O2. The number of rotatable bonds is 4. The van der Waals surface area contributed by atoms with Crippen LogP contribution in [0.15, 0.2) is 42.5 Å². The Bertz CT molecular complexity index is 541. The Morgan fingerprint density at radius 2 is 1.90 bits per heavy atom. The monoisotopic (exact) mass is 286 g/mol. The molecule has 2 aliphatic rings. The molecule has 0 N–H and O–H groups in total. The Labute approximate surface area is 126 Å². The number of carbonyl (C=O) groups excluding carboxylic acids is 1. The number of fused-ring (bicyclic) bond motifs is 1. The maximum atomic E-state index is 12.9. The Hall–Kier alpha value is -1.81. The number of nitrogens with zero attached hydrogens (tertiary/aromatic N) is 2. The maximum Gasteiger partial charge on any atom is 0.325 e. The van der Waals surface area contributed by atoms with Crippen molar-refractivity contribution in [2.24, 2.45) is 5.92 Å². The molecule has 112 valence electrons. The number of amides is 2. The zero-order valence-electron chi connectivity index (χ0n) is 12.8. The van der Waals surface area contributed by atoms with Gasteiger partial charge in [-0.1, -0.05) is 44.2 Å². The number of hydrogen-bond donors (Lipinski definition) is 0. The second kappa shape index (κ2) is 5.53. The third kappa shape index (κ3) is 2.33. The summed E-state index contributed by atoms with van der Waals surface area (Å²) in [6.45, 7) is 5.03. The van der Waals surface area contributed by atoms with E-state index < -0.39 is 0 Å². The zero-order chi connectivity index (χ0) is 15.0. The van der Waals surface area contributed by atoms with Gasteiger partial charge in [-0.2, -0.15) is 0 Å². The van der Waals surface area contributed by atoms with Crippen LogP contribution in [0.1, 0.15) is 13.8 Å². The molecule has 1 unspecified atom stereocenters. The summed E-state index contributed by atoms with van der Waals surface area (Å²) in [4.78, 5) is 16.7. The van der Waals surface area contributed by atoms with Crippen LogP contribution in [-0.4, -0.2) is 42.8 Å². The maximum absolute atomic E-state index is 12.9. The molecule has 1 aromatic carbocycles. The average molecular weight is 286 g/mol. The van der Waals surface area contributed by atoms with Gasteiger partial charge in [0.25, 0.3) is 0 Å². The lowest BCUT2D eigenvalue weighted by Gasteiger charge is -2.28. The van der Waals surface area contributed by atoms with Crippen LogP contribution in [0.5, 0.6) is 0 Å². The van der Waals surface area contributed by atoms with Crippen LogP contribution in [-0.2, 0) is 4.74 Å². The van der Waals surface area contributed by atoms with E-state index in [4.69, 9.17) is 4.74 Å². The molecule has 1 heterocycles. The fourth-order valence-corrected chi connectivity index (χ4v) is 3.32. The van der Waals surface area contributed by atoms with Gasteiger partial charge >= 0.3 is 6.03 Å². The van der Waals surface area contributed by atoms with Crippen LogP contribution >= 0.6 is 0 Å². The fourth-order valence-electron chi connectivity index (χ4n) is 3.32. The molecule has 0 aromatic heterocycles. The Morgan fingerprint density at radius 3 is 2.52 bits per heavy atom. The van der Waals surface area contributed by atoms with E-state index in [0.29, 0.717) is 5.92 Å². The van der Waals surface area contributed by atoms with Crippen molar-refractivity contribution in [2.45, 2.75) is 32.0 Å². The van der Waals surface area contributed by atoms with Crippen LogP contribution in [0, 0.1) is 5.92 Å². The Morgan fingerprint density at radius 1 is 1.19 bits per heavy atom. The van der Waals surface area contributed by atoms with E-state index in [0.717, 1.165) is 12.2 Å².